The van der Waals surface area contributed by atoms with E-state index in [0.29, 0.717) is 12.1 Å². The van der Waals surface area contributed by atoms with Crippen molar-refractivity contribution in [2.24, 2.45) is 4.99 Å². The SMILES string of the molecule is CCOCCCCNC(=NC)NCc1ccc(C(=O)NC)cc1.I. The van der Waals surface area contributed by atoms with Gasteiger partial charge in [-0.1, -0.05) is 12.1 Å². The average Bonchev–Trinajstić information content (AvgIpc) is 2.60. The van der Waals surface area contributed by atoms with Crippen LogP contribution in [0.1, 0.15) is 35.7 Å². The summed E-state index contributed by atoms with van der Waals surface area (Å²) in [6.45, 7) is 5.11. The number of nitrogens with zero attached hydrogens (tertiary/aromatic N) is 1. The highest BCUT2D eigenvalue weighted by Gasteiger charge is 2.03. The van der Waals surface area contributed by atoms with Gasteiger partial charge in [-0.3, -0.25) is 9.79 Å². The van der Waals surface area contributed by atoms with Gasteiger partial charge in [-0.2, -0.15) is 0 Å². The van der Waals surface area contributed by atoms with Crippen LogP contribution in [0, 0.1) is 0 Å². The molecule has 1 amide bonds. The van der Waals surface area contributed by atoms with Crippen LogP contribution >= 0.6 is 24.0 Å². The van der Waals surface area contributed by atoms with Crippen LogP contribution < -0.4 is 16.0 Å². The van der Waals surface area contributed by atoms with E-state index in [1.807, 2.05) is 31.2 Å². The minimum Gasteiger partial charge on any atom is -0.382 e. The molecule has 136 valence electrons. The van der Waals surface area contributed by atoms with E-state index < -0.39 is 0 Å². The lowest BCUT2D eigenvalue weighted by molar-refractivity contribution is 0.0963. The summed E-state index contributed by atoms with van der Waals surface area (Å²) in [7, 11) is 3.38. The molecule has 0 aliphatic carbocycles. The van der Waals surface area contributed by atoms with Crippen molar-refractivity contribution < 1.29 is 9.53 Å². The van der Waals surface area contributed by atoms with Crippen molar-refractivity contribution in [2.45, 2.75) is 26.3 Å². The lowest BCUT2D eigenvalue weighted by Crippen LogP contribution is -2.37. The Hall–Kier alpha value is -1.35. The molecule has 0 aromatic heterocycles. The molecular weight excluding hydrogens is 419 g/mol. The van der Waals surface area contributed by atoms with E-state index in [4.69, 9.17) is 4.74 Å². The number of benzene rings is 1. The van der Waals surface area contributed by atoms with Gasteiger partial charge in [0.1, 0.15) is 0 Å². The number of amides is 1. The monoisotopic (exact) mass is 448 g/mol. The number of aliphatic imine (C=N–C) groups is 1. The van der Waals surface area contributed by atoms with Crippen LogP contribution in [0.5, 0.6) is 0 Å². The van der Waals surface area contributed by atoms with Gasteiger partial charge in [-0.15, -0.1) is 24.0 Å². The van der Waals surface area contributed by atoms with E-state index in [2.05, 4.69) is 20.9 Å². The van der Waals surface area contributed by atoms with Crippen molar-refractivity contribution >= 4 is 35.8 Å². The summed E-state index contributed by atoms with van der Waals surface area (Å²) in [5.74, 6) is 0.700. The molecule has 0 saturated heterocycles. The highest BCUT2D eigenvalue weighted by molar-refractivity contribution is 14.0. The molecule has 1 aromatic carbocycles. The first-order chi connectivity index (χ1) is 11.2. The summed E-state index contributed by atoms with van der Waals surface area (Å²) in [6.07, 6.45) is 2.08. The molecule has 1 aromatic rings. The third-order valence-corrected chi connectivity index (χ3v) is 3.34. The summed E-state index contributed by atoms with van der Waals surface area (Å²) in [4.78, 5) is 15.7. The topological polar surface area (TPSA) is 74.8 Å². The Bertz CT molecular complexity index is 492. The summed E-state index contributed by atoms with van der Waals surface area (Å²) < 4.78 is 5.30. The number of hydrogen-bond acceptors (Lipinski definition) is 3. The molecule has 6 nitrogen and oxygen atoms in total. The zero-order chi connectivity index (χ0) is 16.9. The molecule has 0 spiro atoms. The fourth-order valence-corrected chi connectivity index (χ4v) is 2.00. The van der Waals surface area contributed by atoms with Gasteiger partial charge < -0.3 is 20.7 Å². The Balaban J connectivity index is 0.00000529. The molecule has 0 heterocycles. The zero-order valence-corrected chi connectivity index (χ0v) is 17.1. The number of unbranched alkanes of at least 4 members (excludes halogenated alkanes) is 1. The molecule has 0 atom stereocenters. The third kappa shape index (κ3) is 9.07. The first-order valence-electron chi connectivity index (χ1n) is 8.04. The maximum absolute atomic E-state index is 11.5. The predicted molar refractivity (Wildman–Crippen MR) is 109 cm³/mol. The minimum atomic E-state index is -0.0750. The maximum Gasteiger partial charge on any atom is 0.251 e. The Kier molecular flexibility index (Phi) is 13.2. The second-order valence-electron chi connectivity index (χ2n) is 5.03. The lowest BCUT2D eigenvalue weighted by Gasteiger charge is -2.12. The van der Waals surface area contributed by atoms with Crippen molar-refractivity contribution in [3.05, 3.63) is 35.4 Å². The van der Waals surface area contributed by atoms with Crippen molar-refractivity contribution in [1.82, 2.24) is 16.0 Å². The normalized spacial score (nSPS) is 10.7. The zero-order valence-electron chi connectivity index (χ0n) is 14.7. The Morgan fingerprint density at radius 1 is 1.17 bits per heavy atom. The van der Waals surface area contributed by atoms with Gasteiger partial charge in [0, 0.05) is 46.0 Å². The highest BCUT2D eigenvalue weighted by Crippen LogP contribution is 2.04. The van der Waals surface area contributed by atoms with Crippen LogP contribution in [0.2, 0.25) is 0 Å². The van der Waals surface area contributed by atoms with E-state index >= 15 is 0 Å². The summed E-state index contributed by atoms with van der Waals surface area (Å²) in [6, 6.07) is 7.51. The minimum absolute atomic E-state index is 0. The fraction of sp³-hybridized carbons (Fsp3) is 0.529. The van der Waals surface area contributed by atoms with E-state index in [0.717, 1.165) is 44.1 Å². The van der Waals surface area contributed by atoms with Gasteiger partial charge >= 0.3 is 0 Å². The molecule has 0 fully saturated rings. The first-order valence-corrected chi connectivity index (χ1v) is 8.04. The molecule has 0 saturated carbocycles. The van der Waals surface area contributed by atoms with Crippen LogP contribution in [0.3, 0.4) is 0 Å². The van der Waals surface area contributed by atoms with Crippen LogP contribution in [-0.4, -0.2) is 45.7 Å². The van der Waals surface area contributed by atoms with Crippen LogP contribution in [0.4, 0.5) is 0 Å². The predicted octanol–water partition coefficient (Wildman–Crippen LogP) is 2.15. The largest absolute Gasteiger partial charge is 0.382 e. The maximum atomic E-state index is 11.5. The first kappa shape index (κ1) is 22.6. The average molecular weight is 448 g/mol. The standard InChI is InChI=1S/C17H28N4O2.HI/c1-4-23-12-6-5-11-20-17(19-3)21-13-14-7-9-15(10-8-14)16(22)18-2;/h7-10H,4-6,11-13H2,1-3H3,(H,18,22)(H2,19,20,21);1H. The number of guanidine groups is 1. The third-order valence-electron chi connectivity index (χ3n) is 3.34. The molecular formula is C17H29IN4O2. The van der Waals surface area contributed by atoms with Gasteiger partial charge in [-0.05, 0) is 37.5 Å². The molecule has 1 rings (SSSR count). The number of halogens is 1. The van der Waals surface area contributed by atoms with Crippen LogP contribution in [-0.2, 0) is 11.3 Å². The summed E-state index contributed by atoms with van der Waals surface area (Å²) in [5, 5.41) is 9.14. The lowest BCUT2D eigenvalue weighted by atomic mass is 10.1. The van der Waals surface area contributed by atoms with Crippen molar-refractivity contribution in [2.75, 3.05) is 33.9 Å². The van der Waals surface area contributed by atoms with Crippen molar-refractivity contribution in [3.8, 4) is 0 Å². The second-order valence-corrected chi connectivity index (χ2v) is 5.03. The molecule has 0 aliphatic rings. The highest BCUT2D eigenvalue weighted by atomic mass is 127. The molecule has 0 unspecified atom stereocenters. The number of ether oxygens (including phenoxy) is 1. The van der Waals surface area contributed by atoms with Crippen LogP contribution in [0.25, 0.3) is 0 Å². The van der Waals surface area contributed by atoms with Gasteiger partial charge in [-0.25, -0.2) is 0 Å². The van der Waals surface area contributed by atoms with E-state index in [9.17, 15) is 4.79 Å². The molecule has 7 heteroatoms. The molecule has 0 radical (unpaired) electrons. The van der Waals surface area contributed by atoms with E-state index in [1.165, 1.54) is 0 Å². The number of carbonyl (C=O) groups is 1. The van der Waals surface area contributed by atoms with Gasteiger partial charge in [0.25, 0.3) is 5.91 Å². The Morgan fingerprint density at radius 3 is 2.46 bits per heavy atom. The second kappa shape index (κ2) is 14.0. The van der Waals surface area contributed by atoms with Gasteiger partial charge in [0.05, 0.1) is 0 Å². The summed E-state index contributed by atoms with van der Waals surface area (Å²) >= 11 is 0. The Labute approximate surface area is 161 Å². The molecule has 0 aliphatic heterocycles. The van der Waals surface area contributed by atoms with Crippen molar-refractivity contribution in [1.29, 1.82) is 0 Å². The van der Waals surface area contributed by atoms with Crippen LogP contribution in [0.15, 0.2) is 29.3 Å². The Morgan fingerprint density at radius 2 is 1.88 bits per heavy atom. The van der Waals surface area contributed by atoms with E-state index in [1.54, 1.807) is 14.1 Å². The molecule has 3 N–H and O–H groups in total. The van der Waals surface area contributed by atoms with Gasteiger partial charge in [0.15, 0.2) is 5.96 Å². The van der Waals surface area contributed by atoms with E-state index in [-0.39, 0.29) is 29.9 Å². The fourth-order valence-electron chi connectivity index (χ4n) is 2.00. The molecule has 24 heavy (non-hydrogen) atoms. The van der Waals surface area contributed by atoms with Gasteiger partial charge in [0.2, 0.25) is 0 Å². The number of carbonyl (C=O) groups excluding carboxylic acids is 1. The summed E-state index contributed by atoms with van der Waals surface area (Å²) in [5.41, 5.74) is 1.75. The number of nitrogens with one attached hydrogen (secondary N) is 3. The quantitative estimate of drug-likeness (QED) is 0.234. The number of rotatable bonds is 9. The smallest absolute Gasteiger partial charge is 0.251 e. The van der Waals surface area contributed by atoms with Crippen molar-refractivity contribution in [3.63, 3.8) is 0 Å². The molecule has 0 bridgehead atoms. The number of hydrogen-bond donors (Lipinski definition) is 3.